The van der Waals surface area contributed by atoms with Crippen molar-refractivity contribution in [2.45, 2.75) is 0 Å². The maximum atomic E-state index is 2.39. The highest BCUT2D eigenvalue weighted by molar-refractivity contribution is 7.22. The van der Waals surface area contributed by atoms with Crippen LogP contribution in [0.4, 0.5) is 0 Å². The normalized spacial score (nSPS) is 13.1. The second-order valence-electron chi connectivity index (χ2n) is 9.73. The number of fused-ring (bicyclic) bond motifs is 3. The van der Waals surface area contributed by atoms with Crippen molar-refractivity contribution in [3.8, 4) is 33.4 Å². The Kier molecular flexibility index (Phi) is 5.23. The van der Waals surface area contributed by atoms with Crippen molar-refractivity contribution in [3.05, 3.63) is 158 Å². The highest BCUT2D eigenvalue weighted by Crippen LogP contribution is 2.29. The van der Waals surface area contributed by atoms with E-state index < -0.39 is 8.07 Å². The van der Waals surface area contributed by atoms with Gasteiger partial charge in [0.1, 0.15) is 0 Å². The standard InChI is InChI=1S/C36H26Si/c1-3-11-27(12-4-1)29-19-23-31(24-20-29)37(32-25-21-30(22-26-32)28-13-5-2-6-14-28)35-17-9-7-15-33(35)34-16-8-10-18-36(34)37/h1-26H. The molecule has 0 saturated carbocycles. The molecule has 7 rings (SSSR count). The first-order valence-corrected chi connectivity index (χ1v) is 14.9. The molecule has 0 unspecified atom stereocenters. The van der Waals surface area contributed by atoms with Crippen LogP contribution in [0.3, 0.4) is 0 Å². The molecule has 0 aromatic heterocycles. The minimum atomic E-state index is -2.47. The Bertz CT molecular complexity index is 1550. The monoisotopic (exact) mass is 486 g/mol. The third-order valence-electron chi connectivity index (χ3n) is 7.80. The lowest BCUT2D eigenvalue weighted by atomic mass is 10.1. The quantitative estimate of drug-likeness (QED) is 0.253. The Morgan fingerprint density at radius 2 is 0.595 bits per heavy atom. The van der Waals surface area contributed by atoms with Gasteiger partial charge in [0.25, 0.3) is 0 Å². The summed E-state index contributed by atoms with van der Waals surface area (Å²) >= 11 is 0. The number of hydrogen-bond donors (Lipinski definition) is 0. The van der Waals surface area contributed by atoms with Crippen molar-refractivity contribution in [2.24, 2.45) is 0 Å². The number of hydrogen-bond acceptors (Lipinski definition) is 0. The lowest BCUT2D eigenvalue weighted by Crippen LogP contribution is -2.72. The SMILES string of the molecule is c1ccc(-c2ccc([Si]3(c4ccc(-c5ccccc5)cc4)c4ccccc4-c4ccccc43)cc2)cc1. The van der Waals surface area contributed by atoms with E-state index in [2.05, 4.69) is 158 Å². The Labute approximate surface area is 219 Å². The molecule has 1 aliphatic heterocycles. The van der Waals surface area contributed by atoms with Crippen LogP contribution in [-0.4, -0.2) is 8.07 Å². The summed E-state index contributed by atoms with van der Waals surface area (Å²) in [4.78, 5) is 0. The molecule has 0 spiro atoms. The molecule has 1 heterocycles. The second kappa shape index (κ2) is 8.88. The van der Waals surface area contributed by atoms with Crippen molar-refractivity contribution < 1.29 is 0 Å². The van der Waals surface area contributed by atoms with Gasteiger partial charge in [-0.3, -0.25) is 0 Å². The predicted molar refractivity (Wildman–Crippen MR) is 160 cm³/mol. The molecule has 174 valence electrons. The zero-order valence-electron chi connectivity index (χ0n) is 20.5. The van der Waals surface area contributed by atoms with Gasteiger partial charge in [0.05, 0.1) is 0 Å². The molecule has 0 aliphatic carbocycles. The number of rotatable bonds is 4. The van der Waals surface area contributed by atoms with Crippen molar-refractivity contribution in [2.75, 3.05) is 0 Å². The molecule has 0 radical (unpaired) electrons. The fraction of sp³-hybridized carbons (Fsp3) is 0. The summed E-state index contributed by atoms with van der Waals surface area (Å²) < 4.78 is 0. The smallest absolute Gasteiger partial charge is 0.0623 e. The van der Waals surface area contributed by atoms with E-state index in [1.807, 2.05) is 0 Å². The van der Waals surface area contributed by atoms with E-state index in [1.54, 1.807) is 0 Å². The fourth-order valence-corrected chi connectivity index (χ4v) is 11.2. The third kappa shape index (κ3) is 3.43. The largest absolute Gasteiger partial charge is 0.180 e. The summed E-state index contributed by atoms with van der Waals surface area (Å²) in [6.07, 6.45) is 0. The fourth-order valence-electron chi connectivity index (χ4n) is 6.11. The maximum Gasteiger partial charge on any atom is 0.180 e. The average Bonchev–Trinajstić information content (AvgIpc) is 3.30. The van der Waals surface area contributed by atoms with Gasteiger partial charge in [0.15, 0.2) is 8.07 Å². The van der Waals surface area contributed by atoms with Crippen molar-refractivity contribution in [1.82, 2.24) is 0 Å². The topological polar surface area (TPSA) is 0 Å². The van der Waals surface area contributed by atoms with Crippen molar-refractivity contribution >= 4 is 28.8 Å². The zero-order valence-corrected chi connectivity index (χ0v) is 21.5. The lowest BCUT2D eigenvalue weighted by molar-refractivity contribution is 1.62. The molecule has 0 bridgehead atoms. The zero-order chi connectivity index (χ0) is 24.7. The summed E-state index contributed by atoms with van der Waals surface area (Å²) in [7, 11) is -2.47. The van der Waals surface area contributed by atoms with Crippen LogP contribution in [0.15, 0.2) is 158 Å². The van der Waals surface area contributed by atoms with E-state index in [4.69, 9.17) is 0 Å². The van der Waals surface area contributed by atoms with Crippen LogP contribution < -0.4 is 20.7 Å². The molecule has 1 aliphatic rings. The molecule has 1 heteroatoms. The molecule has 0 atom stereocenters. The van der Waals surface area contributed by atoms with Gasteiger partial charge in [-0.05, 0) is 54.1 Å². The summed E-state index contributed by atoms with van der Waals surface area (Å²) in [5.74, 6) is 0. The molecule has 0 N–H and O–H groups in total. The summed E-state index contributed by atoms with van der Waals surface area (Å²) in [6.45, 7) is 0. The van der Waals surface area contributed by atoms with Gasteiger partial charge >= 0.3 is 0 Å². The molecule has 0 saturated heterocycles. The molecule has 6 aromatic rings. The van der Waals surface area contributed by atoms with Crippen LogP contribution in [0.5, 0.6) is 0 Å². The Balaban J connectivity index is 1.47. The maximum absolute atomic E-state index is 2.47. The lowest BCUT2D eigenvalue weighted by Gasteiger charge is -2.31. The van der Waals surface area contributed by atoms with Gasteiger partial charge in [-0.2, -0.15) is 0 Å². The molecule has 6 aromatic carbocycles. The summed E-state index contributed by atoms with van der Waals surface area (Å²) in [5.41, 5.74) is 7.78. The first-order chi connectivity index (χ1) is 18.4. The van der Waals surface area contributed by atoms with Crippen LogP contribution in [0.25, 0.3) is 33.4 Å². The molecule has 0 fully saturated rings. The summed E-state index contributed by atoms with van der Waals surface area (Å²) in [5, 5.41) is 5.82. The molecular weight excluding hydrogens is 460 g/mol. The van der Waals surface area contributed by atoms with E-state index in [1.165, 1.54) is 54.1 Å². The van der Waals surface area contributed by atoms with Crippen molar-refractivity contribution in [1.29, 1.82) is 0 Å². The van der Waals surface area contributed by atoms with Gasteiger partial charge in [-0.15, -0.1) is 0 Å². The molecule has 0 amide bonds. The van der Waals surface area contributed by atoms with E-state index >= 15 is 0 Å². The minimum Gasteiger partial charge on any atom is -0.0623 e. The minimum absolute atomic E-state index is 1.25. The summed E-state index contributed by atoms with van der Waals surface area (Å²) in [6, 6.07) is 58.2. The highest BCUT2D eigenvalue weighted by atomic mass is 28.3. The first kappa shape index (κ1) is 21.8. The molecule has 0 nitrogen and oxygen atoms in total. The Morgan fingerprint density at radius 3 is 1.00 bits per heavy atom. The van der Waals surface area contributed by atoms with Crippen LogP contribution in [0.1, 0.15) is 0 Å². The van der Waals surface area contributed by atoms with E-state index in [-0.39, 0.29) is 0 Å². The van der Waals surface area contributed by atoms with Crippen LogP contribution in [0.2, 0.25) is 0 Å². The predicted octanol–water partition coefficient (Wildman–Crippen LogP) is 6.38. The Morgan fingerprint density at radius 1 is 0.270 bits per heavy atom. The van der Waals surface area contributed by atoms with Gasteiger partial charge in [0.2, 0.25) is 0 Å². The molecule has 37 heavy (non-hydrogen) atoms. The van der Waals surface area contributed by atoms with Crippen LogP contribution in [0, 0.1) is 0 Å². The van der Waals surface area contributed by atoms with Gasteiger partial charge in [-0.25, -0.2) is 0 Å². The van der Waals surface area contributed by atoms with Gasteiger partial charge < -0.3 is 0 Å². The van der Waals surface area contributed by atoms with E-state index in [0.717, 1.165) is 0 Å². The highest BCUT2D eigenvalue weighted by Gasteiger charge is 2.48. The average molecular weight is 487 g/mol. The Hall–Kier alpha value is -4.46. The van der Waals surface area contributed by atoms with Gasteiger partial charge in [-0.1, -0.05) is 158 Å². The van der Waals surface area contributed by atoms with Gasteiger partial charge in [0, 0.05) is 0 Å². The third-order valence-corrected chi connectivity index (χ3v) is 12.7. The second-order valence-corrected chi connectivity index (χ2v) is 13.5. The van der Waals surface area contributed by atoms with E-state index in [9.17, 15) is 0 Å². The molecular formula is C36H26Si. The first-order valence-electron chi connectivity index (χ1n) is 12.9. The van der Waals surface area contributed by atoms with E-state index in [0.29, 0.717) is 0 Å². The van der Waals surface area contributed by atoms with Crippen LogP contribution >= 0.6 is 0 Å². The number of benzene rings is 6. The van der Waals surface area contributed by atoms with Crippen LogP contribution in [-0.2, 0) is 0 Å². The van der Waals surface area contributed by atoms with Crippen molar-refractivity contribution in [3.63, 3.8) is 0 Å².